The highest BCUT2D eigenvalue weighted by molar-refractivity contribution is 7.48. The first-order valence-electron chi connectivity index (χ1n) is 11.0. The van der Waals surface area contributed by atoms with Crippen molar-refractivity contribution < 1.29 is 45.9 Å². The molecular formula is C21H22F2N3O9P. The number of alkyl halides is 2. The fraction of sp³-hybridized carbons (Fsp3) is 0.476. The van der Waals surface area contributed by atoms with E-state index in [9.17, 15) is 14.2 Å². The molecule has 36 heavy (non-hydrogen) atoms. The molecular weight excluding hydrogens is 507 g/mol. The van der Waals surface area contributed by atoms with Gasteiger partial charge in [-0.2, -0.15) is 13.8 Å². The topological polar surface area (TPSA) is 136 Å². The lowest BCUT2D eigenvalue weighted by atomic mass is 10.1. The van der Waals surface area contributed by atoms with Gasteiger partial charge in [0.15, 0.2) is 17.6 Å². The molecule has 12 nitrogen and oxygen atoms in total. The number of carbonyl (C=O) groups is 1. The lowest BCUT2D eigenvalue weighted by Crippen LogP contribution is -2.45. The number of fused-ring (bicyclic) bond motifs is 2. The van der Waals surface area contributed by atoms with Gasteiger partial charge in [0, 0.05) is 18.7 Å². The number of hydrogen-bond acceptors (Lipinski definition) is 10. The third-order valence-corrected chi connectivity index (χ3v) is 7.08. The van der Waals surface area contributed by atoms with E-state index in [1.54, 1.807) is 26.8 Å². The summed E-state index contributed by atoms with van der Waals surface area (Å²) in [6.07, 6.45) is -5.47. The third-order valence-electron chi connectivity index (χ3n) is 5.45. The lowest BCUT2D eigenvalue weighted by Gasteiger charge is -2.32. The Labute approximate surface area is 203 Å². The Morgan fingerprint density at radius 2 is 2.03 bits per heavy atom. The second kappa shape index (κ2) is 8.89. The van der Waals surface area contributed by atoms with Crippen LogP contribution < -0.4 is 20.5 Å². The highest BCUT2D eigenvalue weighted by atomic mass is 31.2. The number of ether oxygens (including phenoxy) is 3. The van der Waals surface area contributed by atoms with E-state index in [1.165, 1.54) is 18.2 Å². The Balaban J connectivity index is 1.32. The quantitative estimate of drug-likeness (QED) is 0.576. The highest BCUT2D eigenvalue weighted by Crippen LogP contribution is 2.60. The molecule has 0 aliphatic carbocycles. The second-order valence-corrected chi connectivity index (χ2v) is 10.1. The van der Waals surface area contributed by atoms with Crippen LogP contribution in [0.15, 0.2) is 35.3 Å². The summed E-state index contributed by atoms with van der Waals surface area (Å²) in [5.74, 6) is -3.68. The van der Waals surface area contributed by atoms with Crippen molar-refractivity contribution >= 4 is 19.5 Å². The van der Waals surface area contributed by atoms with Crippen molar-refractivity contribution in [2.24, 2.45) is 0 Å². The van der Waals surface area contributed by atoms with E-state index in [0.29, 0.717) is 16.1 Å². The van der Waals surface area contributed by atoms with Crippen molar-refractivity contribution in [3.63, 3.8) is 0 Å². The molecule has 2 aromatic rings. The van der Waals surface area contributed by atoms with Crippen LogP contribution in [0, 0.1) is 0 Å². The Kier molecular flexibility index (Phi) is 6.12. The Morgan fingerprint density at radius 1 is 1.28 bits per heavy atom. The molecule has 0 radical (unpaired) electrons. The van der Waals surface area contributed by atoms with Crippen LogP contribution in [0.1, 0.15) is 37.4 Å². The summed E-state index contributed by atoms with van der Waals surface area (Å²) in [6, 6.07) is 5.69. The molecule has 5 atom stereocenters. The van der Waals surface area contributed by atoms with Crippen molar-refractivity contribution in [3.8, 4) is 11.5 Å². The molecule has 1 aromatic heterocycles. The number of nitrogens with zero attached hydrogens (tertiary/aromatic N) is 2. The van der Waals surface area contributed by atoms with Crippen LogP contribution in [0.2, 0.25) is 0 Å². The Hall–Kier alpha value is -2.90. The minimum absolute atomic E-state index is 0.166. The second-order valence-electron chi connectivity index (χ2n) is 8.55. The summed E-state index contributed by atoms with van der Waals surface area (Å²) in [5, 5.41) is 2.43. The predicted octanol–water partition coefficient (Wildman–Crippen LogP) is 3.09. The molecule has 3 unspecified atom stereocenters. The summed E-state index contributed by atoms with van der Waals surface area (Å²) in [4.78, 5) is 28.9. The Morgan fingerprint density at radius 3 is 2.75 bits per heavy atom. The number of benzene rings is 1. The number of nitrogens with one attached hydrogen (secondary N) is 1. The molecule has 0 bridgehead atoms. The van der Waals surface area contributed by atoms with Gasteiger partial charge in [-0.3, -0.25) is 22.9 Å². The number of phosphoric acid groups is 1. The van der Waals surface area contributed by atoms with Crippen molar-refractivity contribution in [1.82, 2.24) is 9.55 Å². The molecule has 0 spiro atoms. The molecule has 3 aliphatic rings. The zero-order valence-electron chi connectivity index (χ0n) is 19.3. The van der Waals surface area contributed by atoms with Gasteiger partial charge in [-0.25, -0.2) is 9.36 Å². The molecule has 5 rings (SSSR count). The fourth-order valence-corrected chi connectivity index (χ4v) is 5.52. The van der Waals surface area contributed by atoms with E-state index in [2.05, 4.69) is 10.3 Å². The third kappa shape index (κ3) is 4.50. The smallest absolute Gasteiger partial charge is 0.451 e. The maximum absolute atomic E-state index is 15.2. The van der Waals surface area contributed by atoms with Gasteiger partial charge in [-0.05, 0) is 38.1 Å². The molecule has 1 aromatic carbocycles. The van der Waals surface area contributed by atoms with Crippen molar-refractivity contribution in [1.29, 1.82) is 0 Å². The average molecular weight is 529 g/mol. The number of anilines is 1. The zero-order chi connectivity index (χ0) is 25.8. The highest BCUT2D eigenvalue weighted by Gasteiger charge is 2.65. The number of rotatable bonds is 5. The molecule has 4 heterocycles. The van der Waals surface area contributed by atoms with Crippen LogP contribution in [0.5, 0.6) is 11.5 Å². The van der Waals surface area contributed by atoms with E-state index >= 15 is 8.78 Å². The van der Waals surface area contributed by atoms with Gasteiger partial charge in [-0.1, -0.05) is 0 Å². The zero-order valence-corrected chi connectivity index (χ0v) is 20.1. The largest absolute Gasteiger partial charge is 0.475 e. The van der Waals surface area contributed by atoms with E-state index in [0.717, 1.165) is 6.20 Å². The van der Waals surface area contributed by atoms with Crippen LogP contribution in [-0.2, 0) is 22.9 Å². The van der Waals surface area contributed by atoms with E-state index in [1.807, 2.05) is 0 Å². The standard InChI is InChI=1S/C21H22F2N3O9P/c1-10(2)34-36(29)30-9-15-17(35-36)21(22,23)19(33-15)26-7-6-16(25-20(26)28)24-18(27)12-4-5-13-14(8-12)32-11(3)31-13/h4-8,10-11,15,17,19H,9H2,1-3H3,(H,24,25,27,28)/t11?,15-,17-,19?,36?/m1/s1. The van der Waals surface area contributed by atoms with E-state index in [-0.39, 0.29) is 11.4 Å². The molecule has 1 amide bonds. The number of carbonyl (C=O) groups excluding carboxylic acids is 1. The minimum Gasteiger partial charge on any atom is -0.451 e. The number of phosphoric ester groups is 1. The first-order valence-corrected chi connectivity index (χ1v) is 12.4. The van der Waals surface area contributed by atoms with Gasteiger partial charge in [0.1, 0.15) is 11.9 Å². The number of aromatic nitrogens is 2. The van der Waals surface area contributed by atoms with Crippen molar-refractivity contribution in [2.75, 3.05) is 11.9 Å². The number of amides is 1. The summed E-state index contributed by atoms with van der Waals surface area (Å²) >= 11 is 0. The number of hydrogen-bond donors (Lipinski definition) is 1. The van der Waals surface area contributed by atoms with Crippen LogP contribution in [0.4, 0.5) is 14.6 Å². The maximum atomic E-state index is 15.2. The fourth-order valence-electron chi connectivity index (χ4n) is 3.95. The van der Waals surface area contributed by atoms with Gasteiger partial charge in [0.05, 0.1) is 12.7 Å². The van der Waals surface area contributed by atoms with E-state index in [4.69, 9.17) is 27.8 Å². The summed E-state index contributed by atoms with van der Waals surface area (Å²) < 4.78 is 74.7. The lowest BCUT2D eigenvalue weighted by molar-refractivity contribution is -0.139. The first kappa shape index (κ1) is 24.8. The van der Waals surface area contributed by atoms with Crippen LogP contribution in [-0.4, -0.2) is 52.6 Å². The summed E-state index contributed by atoms with van der Waals surface area (Å²) in [7, 11) is -4.24. The van der Waals surface area contributed by atoms with Gasteiger partial charge >= 0.3 is 19.4 Å². The van der Waals surface area contributed by atoms with Gasteiger partial charge in [-0.15, -0.1) is 0 Å². The monoisotopic (exact) mass is 529 g/mol. The molecule has 194 valence electrons. The maximum Gasteiger partial charge on any atom is 0.475 e. The van der Waals surface area contributed by atoms with Crippen molar-refractivity contribution in [3.05, 3.63) is 46.5 Å². The van der Waals surface area contributed by atoms with Crippen LogP contribution >= 0.6 is 7.82 Å². The average Bonchev–Trinajstić information content (AvgIpc) is 3.28. The predicted molar refractivity (Wildman–Crippen MR) is 117 cm³/mol. The molecule has 2 saturated heterocycles. The van der Waals surface area contributed by atoms with Gasteiger partial charge in [0.25, 0.3) is 5.91 Å². The molecule has 3 aliphatic heterocycles. The molecule has 2 fully saturated rings. The summed E-state index contributed by atoms with van der Waals surface area (Å²) in [6.45, 7) is 4.31. The van der Waals surface area contributed by atoms with Gasteiger partial charge in [0.2, 0.25) is 12.5 Å². The summed E-state index contributed by atoms with van der Waals surface area (Å²) in [5.41, 5.74) is -0.907. The molecule has 15 heteroatoms. The van der Waals surface area contributed by atoms with Crippen molar-refractivity contribution in [2.45, 2.75) is 57.5 Å². The van der Waals surface area contributed by atoms with Crippen LogP contribution in [0.3, 0.4) is 0 Å². The van der Waals surface area contributed by atoms with Gasteiger partial charge < -0.3 is 19.5 Å². The van der Waals surface area contributed by atoms with E-state index < -0.39 is 62.8 Å². The normalized spacial score (nSPS) is 30.3. The Bertz CT molecular complexity index is 1300. The molecule has 0 saturated carbocycles. The van der Waals surface area contributed by atoms with Crippen LogP contribution in [0.25, 0.3) is 0 Å². The first-order chi connectivity index (χ1) is 16.9. The molecule has 1 N–H and O–H groups in total. The minimum atomic E-state index is -4.24. The number of halogens is 2. The SMILES string of the molecule is CC(C)OP1(=O)OC[C@H]2OC(n3ccc(NC(=O)c4ccc5c(c4)OC(C)O5)nc3=O)C(F)(F)[C@@H]2O1.